The quantitative estimate of drug-likeness (QED) is 0.766. The molecule has 0 bridgehead atoms. The third kappa shape index (κ3) is 1.97. The Bertz CT molecular complexity index is 522. The molecule has 0 saturated carbocycles. The third-order valence-corrected chi connectivity index (χ3v) is 1.89. The van der Waals surface area contributed by atoms with Crippen molar-refractivity contribution in [2.45, 2.75) is 6.92 Å². The van der Waals surface area contributed by atoms with Gasteiger partial charge in [0.05, 0.1) is 0 Å². The predicted octanol–water partition coefficient (Wildman–Crippen LogP) is 0.608. The van der Waals surface area contributed by atoms with E-state index in [9.17, 15) is 4.79 Å². The van der Waals surface area contributed by atoms with Crippen LogP contribution in [0.5, 0.6) is 0 Å². The van der Waals surface area contributed by atoms with Gasteiger partial charge in [-0.1, -0.05) is 0 Å². The SMILES string of the molecule is Cc1ccnc(NC(=O)c2nonc2N)c1. The number of nitrogens with two attached hydrogens (primary N) is 1. The molecule has 2 aromatic rings. The monoisotopic (exact) mass is 219 g/mol. The summed E-state index contributed by atoms with van der Waals surface area (Å²) in [6.45, 7) is 1.89. The Morgan fingerprint density at radius 2 is 2.31 bits per heavy atom. The summed E-state index contributed by atoms with van der Waals surface area (Å²) in [5, 5.41) is 9.22. The first kappa shape index (κ1) is 10.1. The van der Waals surface area contributed by atoms with E-state index in [-0.39, 0.29) is 11.5 Å². The minimum absolute atomic E-state index is 0.0508. The highest BCUT2D eigenvalue weighted by molar-refractivity contribution is 6.04. The molecule has 7 nitrogen and oxygen atoms in total. The number of nitrogen functional groups attached to an aromatic ring is 1. The Morgan fingerprint density at radius 3 is 2.94 bits per heavy atom. The molecule has 0 fully saturated rings. The Labute approximate surface area is 90.6 Å². The molecule has 1 amide bonds. The molecule has 0 saturated heterocycles. The second-order valence-corrected chi connectivity index (χ2v) is 3.17. The summed E-state index contributed by atoms with van der Waals surface area (Å²) in [6, 6.07) is 3.54. The fourth-order valence-electron chi connectivity index (χ4n) is 1.13. The topological polar surface area (TPSA) is 107 Å². The zero-order chi connectivity index (χ0) is 11.5. The maximum atomic E-state index is 11.6. The van der Waals surface area contributed by atoms with Crippen LogP contribution in [0.2, 0.25) is 0 Å². The lowest BCUT2D eigenvalue weighted by Gasteiger charge is -2.02. The van der Waals surface area contributed by atoms with Gasteiger partial charge in [0.15, 0.2) is 0 Å². The molecule has 0 aliphatic heterocycles. The number of carbonyl (C=O) groups excluding carboxylic acids is 1. The molecule has 3 N–H and O–H groups in total. The second-order valence-electron chi connectivity index (χ2n) is 3.17. The average molecular weight is 219 g/mol. The van der Waals surface area contributed by atoms with Crippen molar-refractivity contribution in [3.8, 4) is 0 Å². The summed E-state index contributed by atoms with van der Waals surface area (Å²) >= 11 is 0. The number of aryl methyl sites for hydroxylation is 1. The highest BCUT2D eigenvalue weighted by Crippen LogP contribution is 2.09. The number of nitrogens with zero attached hydrogens (tertiary/aromatic N) is 3. The molecular formula is C9H9N5O2. The largest absolute Gasteiger partial charge is 0.379 e. The maximum Gasteiger partial charge on any atom is 0.282 e. The molecule has 82 valence electrons. The first-order valence-corrected chi connectivity index (χ1v) is 4.49. The van der Waals surface area contributed by atoms with E-state index in [2.05, 4.69) is 25.2 Å². The number of carbonyl (C=O) groups is 1. The summed E-state index contributed by atoms with van der Waals surface area (Å²) in [6.07, 6.45) is 1.59. The third-order valence-electron chi connectivity index (χ3n) is 1.89. The van der Waals surface area contributed by atoms with Gasteiger partial charge in [-0.2, -0.15) is 0 Å². The zero-order valence-electron chi connectivity index (χ0n) is 8.47. The van der Waals surface area contributed by atoms with Gasteiger partial charge in [0.25, 0.3) is 5.91 Å². The molecule has 16 heavy (non-hydrogen) atoms. The van der Waals surface area contributed by atoms with Crippen molar-refractivity contribution in [2.75, 3.05) is 11.1 Å². The van der Waals surface area contributed by atoms with Gasteiger partial charge in [-0.05, 0) is 34.9 Å². The van der Waals surface area contributed by atoms with E-state index in [1.807, 2.05) is 13.0 Å². The highest BCUT2D eigenvalue weighted by atomic mass is 16.6. The number of nitrogens with one attached hydrogen (secondary N) is 1. The Morgan fingerprint density at radius 1 is 1.50 bits per heavy atom. The van der Waals surface area contributed by atoms with E-state index >= 15 is 0 Å². The summed E-state index contributed by atoms with van der Waals surface area (Å²) in [5.74, 6) is -0.130. The normalized spacial score (nSPS) is 10.1. The van der Waals surface area contributed by atoms with Crippen LogP contribution in [0.25, 0.3) is 0 Å². The fourth-order valence-corrected chi connectivity index (χ4v) is 1.13. The maximum absolute atomic E-state index is 11.6. The molecule has 2 aromatic heterocycles. The standard InChI is InChI=1S/C9H9N5O2/c1-5-2-3-11-6(4-5)12-9(15)7-8(10)14-16-13-7/h2-4H,1H3,(H2,10,14)(H,11,12,15). The number of rotatable bonds is 2. The van der Waals surface area contributed by atoms with Gasteiger partial charge < -0.3 is 11.1 Å². The lowest BCUT2D eigenvalue weighted by Crippen LogP contribution is -2.15. The predicted molar refractivity (Wildman–Crippen MR) is 55.6 cm³/mol. The molecule has 0 aromatic carbocycles. The Balaban J connectivity index is 2.17. The summed E-state index contributed by atoms with van der Waals surface area (Å²) in [5.41, 5.74) is 6.31. The molecule has 2 heterocycles. The molecular weight excluding hydrogens is 210 g/mol. The number of anilines is 2. The molecule has 2 rings (SSSR count). The minimum Gasteiger partial charge on any atom is -0.379 e. The number of hydrogen-bond acceptors (Lipinski definition) is 6. The van der Waals surface area contributed by atoms with E-state index in [1.165, 1.54) is 0 Å². The molecule has 7 heteroatoms. The van der Waals surface area contributed by atoms with E-state index in [0.29, 0.717) is 5.82 Å². The van der Waals surface area contributed by atoms with Crippen molar-refractivity contribution in [3.63, 3.8) is 0 Å². The van der Waals surface area contributed by atoms with Gasteiger partial charge in [-0.25, -0.2) is 9.61 Å². The van der Waals surface area contributed by atoms with Gasteiger partial charge in [-0.3, -0.25) is 4.79 Å². The summed E-state index contributed by atoms with van der Waals surface area (Å²) < 4.78 is 4.32. The van der Waals surface area contributed by atoms with Gasteiger partial charge in [0.2, 0.25) is 11.5 Å². The second kappa shape index (κ2) is 3.97. The summed E-state index contributed by atoms with van der Waals surface area (Å²) in [4.78, 5) is 15.6. The first-order valence-electron chi connectivity index (χ1n) is 4.49. The average Bonchev–Trinajstić information content (AvgIpc) is 2.64. The van der Waals surface area contributed by atoms with Crippen LogP contribution >= 0.6 is 0 Å². The number of aromatic nitrogens is 3. The van der Waals surface area contributed by atoms with Crippen molar-refractivity contribution < 1.29 is 9.42 Å². The highest BCUT2D eigenvalue weighted by Gasteiger charge is 2.16. The van der Waals surface area contributed by atoms with Crippen molar-refractivity contribution in [1.82, 2.24) is 15.3 Å². The lowest BCUT2D eigenvalue weighted by atomic mass is 10.3. The van der Waals surface area contributed by atoms with E-state index in [1.54, 1.807) is 12.3 Å². The number of hydrogen-bond donors (Lipinski definition) is 2. The van der Waals surface area contributed by atoms with Gasteiger partial charge in [-0.15, -0.1) is 0 Å². The minimum atomic E-state index is -0.503. The van der Waals surface area contributed by atoms with Crippen LogP contribution in [-0.4, -0.2) is 21.2 Å². The molecule has 0 aliphatic rings. The van der Waals surface area contributed by atoms with Crippen LogP contribution in [-0.2, 0) is 0 Å². The van der Waals surface area contributed by atoms with Gasteiger partial charge >= 0.3 is 0 Å². The van der Waals surface area contributed by atoms with Crippen LogP contribution in [0.3, 0.4) is 0 Å². The van der Waals surface area contributed by atoms with Gasteiger partial charge in [0.1, 0.15) is 5.82 Å². The number of amides is 1. The Hall–Kier alpha value is -2.44. The van der Waals surface area contributed by atoms with Crippen LogP contribution in [0.1, 0.15) is 16.1 Å². The van der Waals surface area contributed by atoms with E-state index < -0.39 is 5.91 Å². The van der Waals surface area contributed by atoms with Gasteiger partial charge in [0, 0.05) is 6.20 Å². The van der Waals surface area contributed by atoms with E-state index in [0.717, 1.165) is 5.56 Å². The van der Waals surface area contributed by atoms with E-state index in [4.69, 9.17) is 5.73 Å². The Kier molecular flexibility index (Phi) is 2.50. The smallest absolute Gasteiger partial charge is 0.282 e. The van der Waals surface area contributed by atoms with Crippen molar-refractivity contribution in [1.29, 1.82) is 0 Å². The van der Waals surface area contributed by atoms with Crippen molar-refractivity contribution in [3.05, 3.63) is 29.6 Å². The first-order chi connectivity index (χ1) is 7.66. The molecule has 0 radical (unpaired) electrons. The number of pyridine rings is 1. The fraction of sp³-hybridized carbons (Fsp3) is 0.111. The van der Waals surface area contributed by atoms with Crippen LogP contribution in [0.15, 0.2) is 23.0 Å². The zero-order valence-corrected chi connectivity index (χ0v) is 8.47. The van der Waals surface area contributed by atoms with Crippen molar-refractivity contribution in [2.24, 2.45) is 0 Å². The van der Waals surface area contributed by atoms with Crippen LogP contribution < -0.4 is 11.1 Å². The van der Waals surface area contributed by atoms with Crippen LogP contribution in [0, 0.1) is 6.92 Å². The summed E-state index contributed by atoms with van der Waals surface area (Å²) in [7, 11) is 0. The van der Waals surface area contributed by atoms with Crippen molar-refractivity contribution >= 4 is 17.5 Å². The molecule has 0 unspecified atom stereocenters. The molecule has 0 aliphatic carbocycles. The molecule has 0 spiro atoms. The lowest BCUT2D eigenvalue weighted by molar-refractivity contribution is 0.101. The van der Waals surface area contributed by atoms with Crippen LogP contribution in [0.4, 0.5) is 11.6 Å². The molecule has 0 atom stereocenters.